The molecule has 0 spiro atoms. The summed E-state index contributed by atoms with van der Waals surface area (Å²) in [4.78, 5) is 37.1. The molecule has 1 heterocycles. The first-order valence-corrected chi connectivity index (χ1v) is 5.68. The van der Waals surface area contributed by atoms with Crippen LogP contribution in [0.2, 0.25) is 0 Å². The van der Waals surface area contributed by atoms with Gasteiger partial charge in [0.25, 0.3) is 5.78 Å². The van der Waals surface area contributed by atoms with Gasteiger partial charge in [-0.05, 0) is 6.92 Å². The Morgan fingerprint density at radius 2 is 2.05 bits per heavy atom. The molecule has 0 aromatic heterocycles. The van der Waals surface area contributed by atoms with Crippen LogP contribution in [0.5, 0.6) is 0 Å². The van der Waals surface area contributed by atoms with Crippen LogP contribution in [0.25, 0.3) is 5.53 Å². The molecule has 1 saturated heterocycles. The predicted molar refractivity (Wildman–Crippen MR) is 61.9 cm³/mol. The molecule has 19 heavy (non-hydrogen) atoms. The summed E-state index contributed by atoms with van der Waals surface area (Å²) < 4.78 is 4.31. The zero-order valence-corrected chi connectivity index (χ0v) is 10.8. The molecule has 1 aliphatic rings. The van der Waals surface area contributed by atoms with E-state index >= 15 is 0 Å². The van der Waals surface area contributed by atoms with Crippen LogP contribution in [0.3, 0.4) is 0 Å². The van der Waals surface area contributed by atoms with E-state index < -0.39 is 41.4 Å². The minimum Gasteiger partial charge on any atom is -0.460 e. The number of aliphatic hydroxyl groups is 1. The first-order chi connectivity index (χ1) is 8.84. The lowest BCUT2D eigenvalue weighted by molar-refractivity contribution is -0.145. The van der Waals surface area contributed by atoms with E-state index in [0.29, 0.717) is 0 Å². The van der Waals surface area contributed by atoms with Gasteiger partial charge in [0.2, 0.25) is 5.91 Å². The zero-order valence-electron chi connectivity index (χ0n) is 10.8. The number of ether oxygens (including phenoxy) is 1. The molecule has 8 heteroatoms. The maximum atomic E-state index is 12.0. The van der Waals surface area contributed by atoms with E-state index in [1.807, 2.05) is 0 Å². The van der Waals surface area contributed by atoms with Gasteiger partial charge in [-0.1, -0.05) is 6.92 Å². The second kappa shape index (κ2) is 5.73. The van der Waals surface area contributed by atoms with E-state index in [-0.39, 0.29) is 5.91 Å². The molecule has 1 fully saturated rings. The quantitative estimate of drug-likeness (QED) is 0.157. The number of β-lactam (4-membered cyclic amide) rings is 1. The highest BCUT2D eigenvalue weighted by Crippen LogP contribution is 2.26. The number of rotatable bonds is 5. The van der Waals surface area contributed by atoms with Crippen molar-refractivity contribution in [1.29, 1.82) is 0 Å². The Kier molecular flexibility index (Phi) is 4.52. The highest BCUT2D eigenvalue weighted by Gasteiger charge is 2.50. The molecule has 0 aromatic rings. The van der Waals surface area contributed by atoms with Crippen LogP contribution < -0.4 is 5.32 Å². The van der Waals surface area contributed by atoms with Crippen molar-refractivity contribution in [2.45, 2.75) is 26.0 Å². The van der Waals surface area contributed by atoms with Crippen molar-refractivity contribution in [3.8, 4) is 0 Å². The van der Waals surface area contributed by atoms with Gasteiger partial charge >= 0.3 is 11.7 Å². The van der Waals surface area contributed by atoms with Gasteiger partial charge < -0.3 is 20.7 Å². The molecule has 8 nitrogen and oxygen atoms in total. The lowest BCUT2D eigenvalue weighted by atomic mass is 9.76. The number of nitrogens with zero attached hydrogens (tertiary/aromatic N) is 2. The first-order valence-electron chi connectivity index (χ1n) is 5.68. The lowest BCUT2D eigenvalue weighted by Crippen LogP contribution is -2.66. The number of hydrogen-bond acceptors (Lipinski definition) is 5. The number of esters is 1. The Hall–Kier alpha value is -2.05. The SMILES string of the molecule is COC(=O)C(=[N+]=[N-])C(=O)C(C)C1NC(=O)[C@@H]1[C@@H](C)O. The first kappa shape index (κ1) is 15.0. The van der Waals surface area contributed by atoms with Gasteiger partial charge in [0.1, 0.15) is 0 Å². The predicted octanol–water partition coefficient (Wildman–Crippen LogP) is -1.47. The second-order valence-electron chi connectivity index (χ2n) is 4.39. The van der Waals surface area contributed by atoms with Crippen LogP contribution in [0.1, 0.15) is 13.8 Å². The van der Waals surface area contributed by atoms with Crippen molar-refractivity contribution in [2.24, 2.45) is 11.8 Å². The van der Waals surface area contributed by atoms with Gasteiger partial charge in [0, 0.05) is 5.92 Å². The van der Waals surface area contributed by atoms with Gasteiger partial charge in [-0.2, -0.15) is 4.79 Å². The van der Waals surface area contributed by atoms with Crippen LogP contribution in [-0.2, 0) is 19.1 Å². The maximum Gasteiger partial charge on any atom is 0.441 e. The lowest BCUT2D eigenvalue weighted by Gasteiger charge is -2.40. The summed E-state index contributed by atoms with van der Waals surface area (Å²) in [7, 11) is 1.05. The molecule has 4 atom stereocenters. The molecule has 0 aliphatic carbocycles. The Morgan fingerprint density at radius 1 is 1.47 bits per heavy atom. The summed E-state index contributed by atoms with van der Waals surface area (Å²) in [6.07, 6.45) is -0.915. The summed E-state index contributed by atoms with van der Waals surface area (Å²) in [6.45, 7) is 2.91. The van der Waals surface area contributed by atoms with E-state index in [1.54, 1.807) is 0 Å². The molecule has 0 radical (unpaired) electrons. The maximum absolute atomic E-state index is 12.0. The zero-order chi connectivity index (χ0) is 14.7. The van der Waals surface area contributed by atoms with Crippen LogP contribution in [0, 0.1) is 11.8 Å². The minimum atomic E-state index is -1.06. The van der Waals surface area contributed by atoms with E-state index in [1.165, 1.54) is 13.8 Å². The van der Waals surface area contributed by atoms with E-state index in [4.69, 9.17) is 5.53 Å². The fourth-order valence-electron chi connectivity index (χ4n) is 2.04. The van der Waals surface area contributed by atoms with Crippen LogP contribution in [0.4, 0.5) is 0 Å². The van der Waals surface area contributed by atoms with Crippen molar-refractivity contribution in [3.63, 3.8) is 0 Å². The van der Waals surface area contributed by atoms with Crippen LogP contribution in [-0.4, -0.2) is 52.5 Å². The highest BCUT2D eigenvalue weighted by atomic mass is 16.5. The van der Waals surface area contributed by atoms with Gasteiger partial charge in [-0.25, -0.2) is 4.79 Å². The van der Waals surface area contributed by atoms with Gasteiger partial charge in [0.05, 0.1) is 25.2 Å². The van der Waals surface area contributed by atoms with Crippen molar-refractivity contribution >= 4 is 23.4 Å². The standard InChI is InChI=1S/C11H15N3O5/c1-4(7-6(5(2)15)10(17)13-7)9(16)8(14-12)11(18)19-3/h4-7,15H,1-3H3,(H,13,17)/t4?,5-,6-,7?/m1/s1. The van der Waals surface area contributed by atoms with Crippen molar-refractivity contribution in [3.05, 3.63) is 5.53 Å². The molecule has 104 valence electrons. The fraction of sp³-hybridized carbons (Fsp3) is 0.636. The molecule has 1 aliphatic heterocycles. The summed E-state index contributed by atoms with van der Waals surface area (Å²) >= 11 is 0. The smallest absolute Gasteiger partial charge is 0.441 e. The monoisotopic (exact) mass is 269 g/mol. The number of methoxy groups -OCH3 is 1. The van der Waals surface area contributed by atoms with Crippen molar-refractivity contribution in [1.82, 2.24) is 5.32 Å². The molecule has 0 aromatic carbocycles. The molecule has 0 saturated carbocycles. The Bertz CT molecular complexity index is 467. The summed E-state index contributed by atoms with van der Waals surface area (Å²) in [5.41, 5.74) is 7.94. The molecule has 2 N–H and O–H groups in total. The van der Waals surface area contributed by atoms with Crippen molar-refractivity contribution in [2.75, 3.05) is 7.11 Å². The fourth-order valence-corrected chi connectivity index (χ4v) is 2.04. The van der Waals surface area contributed by atoms with Crippen LogP contribution in [0.15, 0.2) is 0 Å². The van der Waals surface area contributed by atoms with E-state index in [9.17, 15) is 19.5 Å². The number of nitrogens with one attached hydrogen (secondary N) is 1. The van der Waals surface area contributed by atoms with Gasteiger partial charge in [-0.15, -0.1) is 0 Å². The summed E-state index contributed by atoms with van der Waals surface area (Å²) in [5.74, 6) is -3.72. The number of carbonyl (C=O) groups excluding carboxylic acids is 3. The van der Waals surface area contributed by atoms with Crippen LogP contribution >= 0.6 is 0 Å². The molecule has 2 unspecified atom stereocenters. The normalized spacial score (nSPS) is 24.3. The number of hydrogen-bond donors (Lipinski definition) is 2. The summed E-state index contributed by atoms with van der Waals surface area (Å²) in [5, 5.41) is 11.9. The third-order valence-corrected chi connectivity index (χ3v) is 3.18. The molecular weight excluding hydrogens is 254 g/mol. The second-order valence-corrected chi connectivity index (χ2v) is 4.39. The summed E-state index contributed by atoms with van der Waals surface area (Å²) in [6, 6.07) is -0.610. The van der Waals surface area contributed by atoms with E-state index in [2.05, 4.69) is 14.8 Å². The van der Waals surface area contributed by atoms with Crippen molar-refractivity contribution < 1.29 is 29.0 Å². The topological polar surface area (TPSA) is 129 Å². The Balaban J connectivity index is 2.87. The Labute approximate surface area is 109 Å². The molecular formula is C11H15N3O5. The third kappa shape index (κ3) is 2.69. The highest BCUT2D eigenvalue weighted by molar-refractivity contribution is 6.62. The average Bonchev–Trinajstić information content (AvgIpc) is 2.34. The van der Waals surface area contributed by atoms with Gasteiger partial charge in [-0.3, -0.25) is 9.59 Å². The number of carbonyl (C=O) groups is 3. The minimum absolute atomic E-state index is 0.361. The van der Waals surface area contributed by atoms with Gasteiger partial charge in [0.15, 0.2) is 0 Å². The average molecular weight is 269 g/mol. The Morgan fingerprint density at radius 3 is 2.42 bits per heavy atom. The van der Waals surface area contributed by atoms with E-state index in [0.717, 1.165) is 7.11 Å². The number of ketones is 1. The number of aliphatic hydroxyl groups excluding tert-OH is 1. The molecule has 1 rings (SSSR count). The molecule has 0 bridgehead atoms. The third-order valence-electron chi connectivity index (χ3n) is 3.18. The largest absolute Gasteiger partial charge is 0.460 e. The number of amides is 1. The molecule has 1 amide bonds. The number of Topliss-reactive ketones (excluding diaryl/α,β-unsaturated/α-hetero) is 1.